The lowest BCUT2D eigenvalue weighted by atomic mass is 9.91. The third-order valence-corrected chi connectivity index (χ3v) is 4.25. The van der Waals surface area contributed by atoms with Gasteiger partial charge in [0, 0.05) is 30.5 Å². The number of hydrogen-bond acceptors (Lipinski definition) is 3. The van der Waals surface area contributed by atoms with Gasteiger partial charge in [0.25, 0.3) is 0 Å². The van der Waals surface area contributed by atoms with Crippen molar-refractivity contribution in [2.75, 3.05) is 13.6 Å². The Morgan fingerprint density at radius 2 is 1.71 bits per heavy atom. The van der Waals surface area contributed by atoms with Crippen LogP contribution in [0.25, 0.3) is 0 Å². The SMILES string of the molecule is CN(CCc1ccncc1)C(=O)C(C)(N)c1ccc(Br)cc1.Cl.Cl. The van der Waals surface area contributed by atoms with Crippen LogP contribution in [-0.4, -0.2) is 29.4 Å². The van der Waals surface area contributed by atoms with Crippen molar-refractivity contribution in [3.05, 3.63) is 64.4 Å². The average Bonchev–Trinajstić information content (AvgIpc) is 2.53. The zero-order valence-corrected chi connectivity index (χ0v) is 16.8. The largest absolute Gasteiger partial charge is 0.344 e. The second-order valence-electron chi connectivity index (χ2n) is 5.54. The van der Waals surface area contributed by atoms with E-state index < -0.39 is 5.54 Å². The lowest BCUT2D eigenvalue weighted by Crippen LogP contribution is -2.50. The fraction of sp³-hybridized carbons (Fsp3) is 0.294. The number of carbonyl (C=O) groups excluding carboxylic acids is 1. The summed E-state index contributed by atoms with van der Waals surface area (Å²) < 4.78 is 0.963. The van der Waals surface area contributed by atoms with Crippen molar-refractivity contribution in [2.45, 2.75) is 18.9 Å². The number of amides is 1. The lowest BCUT2D eigenvalue weighted by Gasteiger charge is -2.29. The quantitative estimate of drug-likeness (QED) is 0.782. The molecule has 2 aromatic rings. The van der Waals surface area contributed by atoms with Crippen LogP contribution in [0.15, 0.2) is 53.3 Å². The van der Waals surface area contributed by atoms with Crippen LogP contribution in [0.4, 0.5) is 0 Å². The summed E-state index contributed by atoms with van der Waals surface area (Å²) in [5.41, 5.74) is 7.20. The van der Waals surface area contributed by atoms with E-state index in [0.29, 0.717) is 6.54 Å². The van der Waals surface area contributed by atoms with Crippen LogP contribution in [0.1, 0.15) is 18.1 Å². The number of pyridine rings is 1. The lowest BCUT2D eigenvalue weighted by molar-refractivity contribution is -0.135. The summed E-state index contributed by atoms with van der Waals surface area (Å²) in [5, 5.41) is 0. The Labute approximate surface area is 163 Å². The molecular formula is C17H22BrCl2N3O. The number of rotatable bonds is 5. The Morgan fingerprint density at radius 1 is 1.17 bits per heavy atom. The average molecular weight is 435 g/mol. The highest BCUT2D eigenvalue weighted by Crippen LogP contribution is 2.22. The van der Waals surface area contributed by atoms with E-state index in [1.807, 2.05) is 36.4 Å². The molecule has 0 fully saturated rings. The molecule has 0 spiro atoms. The van der Waals surface area contributed by atoms with Gasteiger partial charge >= 0.3 is 0 Å². The van der Waals surface area contributed by atoms with Gasteiger partial charge in [-0.3, -0.25) is 9.78 Å². The molecule has 1 unspecified atom stereocenters. The highest BCUT2D eigenvalue weighted by Gasteiger charge is 2.32. The number of halogens is 3. The van der Waals surface area contributed by atoms with E-state index >= 15 is 0 Å². The predicted molar refractivity (Wildman–Crippen MR) is 106 cm³/mol. The van der Waals surface area contributed by atoms with E-state index in [1.165, 1.54) is 0 Å². The second kappa shape index (κ2) is 9.99. The first-order valence-electron chi connectivity index (χ1n) is 7.10. The monoisotopic (exact) mass is 433 g/mol. The van der Waals surface area contributed by atoms with Crippen LogP contribution >= 0.6 is 40.7 Å². The number of carbonyl (C=O) groups is 1. The molecule has 2 rings (SSSR count). The van der Waals surface area contributed by atoms with E-state index in [4.69, 9.17) is 5.73 Å². The summed E-state index contributed by atoms with van der Waals surface area (Å²) >= 11 is 3.39. The number of likely N-dealkylation sites (N-methyl/N-ethyl adjacent to an activating group) is 1. The van der Waals surface area contributed by atoms with Gasteiger partial charge in [0.2, 0.25) is 5.91 Å². The predicted octanol–water partition coefficient (Wildman–Crippen LogP) is 3.56. The maximum absolute atomic E-state index is 12.6. The smallest absolute Gasteiger partial charge is 0.246 e. The highest BCUT2D eigenvalue weighted by atomic mass is 79.9. The van der Waals surface area contributed by atoms with Crippen LogP contribution in [0.5, 0.6) is 0 Å². The van der Waals surface area contributed by atoms with Gasteiger partial charge in [-0.05, 0) is 48.7 Å². The molecule has 0 aliphatic carbocycles. The highest BCUT2D eigenvalue weighted by molar-refractivity contribution is 9.10. The number of benzene rings is 1. The van der Waals surface area contributed by atoms with E-state index in [1.54, 1.807) is 31.3 Å². The van der Waals surface area contributed by atoms with Gasteiger partial charge in [0.1, 0.15) is 5.54 Å². The molecular weight excluding hydrogens is 413 g/mol. The summed E-state index contributed by atoms with van der Waals surface area (Å²) in [6, 6.07) is 11.4. The van der Waals surface area contributed by atoms with Gasteiger partial charge in [-0.2, -0.15) is 0 Å². The van der Waals surface area contributed by atoms with Crippen LogP contribution < -0.4 is 5.73 Å². The van der Waals surface area contributed by atoms with Gasteiger partial charge in [0.15, 0.2) is 0 Å². The van der Waals surface area contributed by atoms with Crippen molar-refractivity contribution in [3.63, 3.8) is 0 Å². The summed E-state index contributed by atoms with van der Waals surface area (Å²) in [7, 11) is 1.79. The maximum atomic E-state index is 12.6. The molecule has 0 bridgehead atoms. The number of aromatic nitrogens is 1. The fourth-order valence-electron chi connectivity index (χ4n) is 2.26. The zero-order chi connectivity index (χ0) is 16.2. The Hall–Kier alpha value is -1.14. The standard InChI is InChI=1S/C17H20BrN3O.2ClH/c1-17(19,14-3-5-15(18)6-4-14)16(22)21(2)12-9-13-7-10-20-11-8-13;;/h3-8,10-11H,9,12,19H2,1-2H3;2*1H. The molecule has 7 heteroatoms. The molecule has 4 nitrogen and oxygen atoms in total. The molecule has 1 atom stereocenters. The van der Waals surface area contributed by atoms with E-state index in [2.05, 4.69) is 20.9 Å². The van der Waals surface area contributed by atoms with Gasteiger partial charge in [-0.15, -0.1) is 24.8 Å². The van der Waals surface area contributed by atoms with Crippen molar-refractivity contribution in [2.24, 2.45) is 5.73 Å². The number of nitrogens with zero attached hydrogens (tertiary/aromatic N) is 2. The molecule has 1 aromatic heterocycles. The minimum atomic E-state index is -1.03. The maximum Gasteiger partial charge on any atom is 0.246 e. The Bertz CT molecular complexity index is 636. The molecule has 1 heterocycles. The van der Waals surface area contributed by atoms with Crippen LogP contribution in [-0.2, 0) is 16.8 Å². The summed E-state index contributed by atoms with van der Waals surface area (Å²) in [5.74, 6) is -0.0936. The normalized spacial score (nSPS) is 12.3. The summed E-state index contributed by atoms with van der Waals surface area (Å²) in [6.07, 6.45) is 4.29. The zero-order valence-electron chi connectivity index (χ0n) is 13.6. The van der Waals surface area contributed by atoms with Crippen molar-refractivity contribution in [3.8, 4) is 0 Å². The summed E-state index contributed by atoms with van der Waals surface area (Å²) in [6.45, 7) is 2.37. The van der Waals surface area contributed by atoms with Gasteiger partial charge in [0.05, 0.1) is 0 Å². The van der Waals surface area contributed by atoms with Crippen LogP contribution in [0.3, 0.4) is 0 Å². The second-order valence-corrected chi connectivity index (χ2v) is 6.46. The van der Waals surface area contributed by atoms with Crippen molar-refractivity contribution >= 4 is 46.7 Å². The molecule has 0 radical (unpaired) electrons. The third kappa shape index (κ3) is 5.74. The van der Waals surface area contributed by atoms with E-state index in [-0.39, 0.29) is 30.7 Å². The van der Waals surface area contributed by atoms with Gasteiger partial charge in [-0.25, -0.2) is 0 Å². The minimum Gasteiger partial charge on any atom is -0.344 e. The Morgan fingerprint density at radius 3 is 2.25 bits per heavy atom. The first-order chi connectivity index (χ1) is 10.4. The molecule has 2 N–H and O–H groups in total. The molecule has 0 aliphatic rings. The fourth-order valence-corrected chi connectivity index (χ4v) is 2.53. The molecule has 1 aromatic carbocycles. The molecule has 132 valence electrons. The van der Waals surface area contributed by atoms with Crippen molar-refractivity contribution in [1.82, 2.24) is 9.88 Å². The minimum absolute atomic E-state index is 0. The Balaban J connectivity index is 0.00000264. The van der Waals surface area contributed by atoms with Crippen LogP contribution in [0.2, 0.25) is 0 Å². The van der Waals surface area contributed by atoms with E-state index in [9.17, 15) is 4.79 Å². The van der Waals surface area contributed by atoms with Crippen LogP contribution in [0, 0.1) is 0 Å². The molecule has 0 aliphatic heterocycles. The molecule has 1 amide bonds. The number of nitrogens with two attached hydrogens (primary N) is 1. The van der Waals surface area contributed by atoms with Gasteiger partial charge < -0.3 is 10.6 Å². The Kier molecular flexibility index (Phi) is 9.51. The van der Waals surface area contributed by atoms with E-state index in [0.717, 1.165) is 22.0 Å². The molecule has 0 saturated heterocycles. The van der Waals surface area contributed by atoms with Crippen molar-refractivity contribution in [1.29, 1.82) is 0 Å². The topological polar surface area (TPSA) is 59.2 Å². The first kappa shape index (κ1) is 22.9. The summed E-state index contributed by atoms with van der Waals surface area (Å²) in [4.78, 5) is 18.3. The third-order valence-electron chi connectivity index (χ3n) is 3.72. The van der Waals surface area contributed by atoms with Gasteiger partial charge in [-0.1, -0.05) is 28.1 Å². The molecule has 0 saturated carbocycles. The molecule has 24 heavy (non-hydrogen) atoms. The first-order valence-corrected chi connectivity index (χ1v) is 7.90. The number of hydrogen-bond donors (Lipinski definition) is 1. The van der Waals surface area contributed by atoms with Crippen molar-refractivity contribution < 1.29 is 4.79 Å².